The van der Waals surface area contributed by atoms with Crippen LogP contribution in [0.3, 0.4) is 0 Å². The number of hydrogen-bond donors (Lipinski definition) is 0. The minimum atomic E-state index is 0.184. The van der Waals surface area contributed by atoms with Crippen LogP contribution in [0.5, 0.6) is 0 Å². The number of aromatic nitrogens is 2. The fourth-order valence-corrected chi connectivity index (χ4v) is 2.35. The van der Waals surface area contributed by atoms with Crippen molar-refractivity contribution >= 4 is 6.29 Å². The second-order valence-electron chi connectivity index (χ2n) is 4.70. The molecule has 1 aromatic rings. The van der Waals surface area contributed by atoms with Crippen LogP contribution in [0.25, 0.3) is 0 Å². The normalized spacial score (nSPS) is 20.4. The van der Waals surface area contributed by atoms with Gasteiger partial charge in [0.15, 0.2) is 0 Å². The Morgan fingerprint density at radius 3 is 2.87 bits per heavy atom. The van der Waals surface area contributed by atoms with Crippen molar-refractivity contribution in [3.8, 4) is 0 Å². The highest BCUT2D eigenvalue weighted by atomic mass is 16.1. The Morgan fingerprint density at radius 1 is 1.53 bits per heavy atom. The van der Waals surface area contributed by atoms with E-state index in [0.717, 1.165) is 37.2 Å². The molecule has 1 aliphatic rings. The second-order valence-corrected chi connectivity index (χ2v) is 4.70. The summed E-state index contributed by atoms with van der Waals surface area (Å²) in [6, 6.07) is 0. The fourth-order valence-electron chi connectivity index (χ4n) is 2.35. The maximum absolute atomic E-state index is 10.8. The number of aryl methyl sites for hydroxylation is 1. The Balaban J connectivity index is 2.41. The quantitative estimate of drug-likeness (QED) is 0.694. The van der Waals surface area contributed by atoms with Crippen molar-refractivity contribution in [3.63, 3.8) is 0 Å². The molecule has 0 aromatic carbocycles. The van der Waals surface area contributed by atoms with E-state index in [1.165, 1.54) is 5.69 Å². The van der Waals surface area contributed by atoms with Crippen molar-refractivity contribution < 1.29 is 4.79 Å². The number of rotatable bonds is 2. The van der Waals surface area contributed by atoms with Gasteiger partial charge in [0.2, 0.25) is 0 Å². The molecule has 3 heteroatoms. The number of nitrogens with zero attached hydrogens (tertiary/aromatic N) is 2. The number of fused-ring (bicyclic) bond motifs is 1. The van der Waals surface area contributed by atoms with E-state index in [1.54, 1.807) is 0 Å². The first-order chi connectivity index (χ1) is 7.13. The van der Waals surface area contributed by atoms with E-state index >= 15 is 0 Å². The zero-order valence-corrected chi connectivity index (χ0v) is 9.66. The van der Waals surface area contributed by atoms with Gasteiger partial charge in [-0.2, -0.15) is 0 Å². The van der Waals surface area contributed by atoms with Gasteiger partial charge in [0.25, 0.3) is 0 Å². The monoisotopic (exact) mass is 206 g/mol. The Hall–Kier alpha value is -1.12. The van der Waals surface area contributed by atoms with E-state index < -0.39 is 0 Å². The molecule has 0 aliphatic carbocycles. The lowest BCUT2D eigenvalue weighted by atomic mass is 9.98. The summed E-state index contributed by atoms with van der Waals surface area (Å²) in [4.78, 5) is 15.4. The smallest absolute Gasteiger partial charge is 0.124 e. The highest BCUT2D eigenvalue weighted by Crippen LogP contribution is 2.26. The third-order valence-electron chi connectivity index (χ3n) is 3.18. The molecule has 0 N–H and O–H groups in total. The number of carbonyl (C=O) groups excluding carboxylic acids is 1. The third-order valence-corrected chi connectivity index (χ3v) is 3.18. The third kappa shape index (κ3) is 1.71. The molecular formula is C12H18N2O. The summed E-state index contributed by atoms with van der Waals surface area (Å²) < 4.78 is 2.25. The first kappa shape index (κ1) is 10.4. The molecule has 0 amide bonds. The zero-order valence-electron chi connectivity index (χ0n) is 9.66. The Bertz CT molecular complexity index is 379. The van der Waals surface area contributed by atoms with Crippen LogP contribution in [0.15, 0.2) is 0 Å². The lowest BCUT2D eigenvalue weighted by molar-refractivity contribution is -0.111. The van der Waals surface area contributed by atoms with Gasteiger partial charge in [0.1, 0.15) is 12.1 Å². The molecule has 2 rings (SSSR count). The number of aldehydes is 1. The predicted octanol–water partition coefficient (Wildman–Crippen LogP) is 2.08. The molecular weight excluding hydrogens is 188 g/mol. The number of hydrogen-bond acceptors (Lipinski definition) is 2. The summed E-state index contributed by atoms with van der Waals surface area (Å²) in [6.45, 7) is 7.20. The van der Waals surface area contributed by atoms with Crippen molar-refractivity contribution in [2.45, 2.75) is 46.1 Å². The fraction of sp³-hybridized carbons (Fsp3) is 0.667. The van der Waals surface area contributed by atoms with Crippen LogP contribution in [0, 0.1) is 12.8 Å². The molecule has 0 saturated carbocycles. The molecule has 0 fully saturated rings. The Morgan fingerprint density at radius 2 is 2.27 bits per heavy atom. The van der Waals surface area contributed by atoms with E-state index in [2.05, 4.69) is 30.3 Å². The largest absolute Gasteiger partial charge is 0.331 e. The summed E-state index contributed by atoms with van der Waals surface area (Å²) in [5.74, 6) is 1.75. The Labute approximate surface area is 90.5 Å². The molecule has 1 aromatic heterocycles. The van der Waals surface area contributed by atoms with Gasteiger partial charge in [0.05, 0.1) is 5.69 Å². The number of imidazole rings is 1. The van der Waals surface area contributed by atoms with Crippen molar-refractivity contribution in [3.05, 3.63) is 17.2 Å². The molecule has 2 heterocycles. The van der Waals surface area contributed by atoms with Crippen molar-refractivity contribution in [1.82, 2.24) is 9.55 Å². The summed E-state index contributed by atoms with van der Waals surface area (Å²) in [5.41, 5.74) is 2.47. The molecule has 1 aliphatic heterocycles. The van der Waals surface area contributed by atoms with Gasteiger partial charge >= 0.3 is 0 Å². The van der Waals surface area contributed by atoms with E-state index in [-0.39, 0.29) is 5.92 Å². The van der Waals surface area contributed by atoms with Gasteiger partial charge in [-0.05, 0) is 19.8 Å². The maximum Gasteiger partial charge on any atom is 0.124 e. The summed E-state index contributed by atoms with van der Waals surface area (Å²) in [6.07, 6.45) is 3.06. The second kappa shape index (κ2) is 3.80. The predicted molar refractivity (Wildman–Crippen MR) is 58.9 cm³/mol. The maximum atomic E-state index is 10.8. The van der Waals surface area contributed by atoms with E-state index in [4.69, 9.17) is 0 Å². The molecule has 0 radical (unpaired) electrons. The highest BCUT2D eigenvalue weighted by molar-refractivity contribution is 5.54. The molecule has 0 saturated heterocycles. The van der Waals surface area contributed by atoms with E-state index in [9.17, 15) is 4.79 Å². The first-order valence-corrected chi connectivity index (χ1v) is 5.64. The zero-order chi connectivity index (χ0) is 11.0. The van der Waals surface area contributed by atoms with E-state index in [1.807, 2.05) is 0 Å². The highest BCUT2D eigenvalue weighted by Gasteiger charge is 2.24. The summed E-state index contributed by atoms with van der Waals surface area (Å²) in [5, 5.41) is 0. The van der Waals surface area contributed by atoms with Gasteiger partial charge in [-0.1, -0.05) is 13.8 Å². The molecule has 82 valence electrons. The van der Waals surface area contributed by atoms with Crippen LogP contribution >= 0.6 is 0 Å². The van der Waals surface area contributed by atoms with Gasteiger partial charge in [-0.3, -0.25) is 0 Å². The molecule has 1 unspecified atom stereocenters. The van der Waals surface area contributed by atoms with Crippen LogP contribution in [-0.2, 0) is 17.8 Å². The Kier molecular flexibility index (Phi) is 2.63. The van der Waals surface area contributed by atoms with Crippen LogP contribution in [0.2, 0.25) is 0 Å². The van der Waals surface area contributed by atoms with Gasteiger partial charge in [0, 0.05) is 24.1 Å². The van der Waals surface area contributed by atoms with Gasteiger partial charge < -0.3 is 9.36 Å². The van der Waals surface area contributed by atoms with Gasteiger partial charge in [-0.15, -0.1) is 0 Å². The van der Waals surface area contributed by atoms with Crippen molar-refractivity contribution in [2.75, 3.05) is 0 Å². The molecule has 1 atom stereocenters. The van der Waals surface area contributed by atoms with Crippen molar-refractivity contribution in [1.29, 1.82) is 0 Å². The van der Waals surface area contributed by atoms with Crippen molar-refractivity contribution in [2.24, 2.45) is 5.92 Å². The average Bonchev–Trinajstić information content (AvgIpc) is 2.56. The van der Waals surface area contributed by atoms with E-state index in [0.29, 0.717) is 5.92 Å². The summed E-state index contributed by atoms with van der Waals surface area (Å²) >= 11 is 0. The molecule has 0 spiro atoms. The first-order valence-electron chi connectivity index (χ1n) is 5.64. The van der Waals surface area contributed by atoms with Crippen LogP contribution in [0.4, 0.5) is 0 Å². The molecule has 3 nitrogen and oxygen atoms in total. The van der Waals surface area contributed by atoms with Crippen LogP contribution in [-0.4, -0.2) is 15.8 Å². The van der Waals surface area contributed by atoms with Crippen LogP contribution in [0.1, 0.15) is 43.4 Å². The average molecular weight is 206 g/mol. The van der Waals surface area contributed by atoms with Gasteiger partial charge in [-0.25, -0.2) is 4.98 Å². The number of carbonyl (C=O) groups is 1. The standard InChI is InChI=1S/C12H18N2O/c1-8(2)12-13-9(3)11-5-4-10(7-15)6-14(11)12/h7-8,10H,4-6H2,1-3H3. The SMILES string of the molecule is Cc1nc(C(C)C)n2c1CCC(C=O)C2. The molecule has 0 bridgehead atoms. The van der Waals surface area contributed by atoms with Crippen LogP contribution < -0.4 is 0 Å². The lowest BCUT2D eigenvalue weighted by Gasteiger charge is -2.22. The lowest BCUT2D eigenvalue weighted by Crippen LogP contribution is -2.23. The molecule has 15 heavy (non-hydrogen) atoms. The minimum Gasteiger partial charge on any atom is -0.331 e. The summed E-state index contributed by atoms with van der Waals surface area (Å²) in [7, 11) is 0. The minimum absolute atomic E-state index is 0.184. The topological polar surface area (TPSA) is 34.9 Å².